The third-order valence-corrected chi connectivity index (χ3v) is 2.98. The zero-order chi connectivity index (χ0) is 11.6. The summed E-state index contributed by atoms with van der Waals surface area (Å²) in [6.45, 7) is 9.18. The molecule has 2 rings (SSSR count). The molecule has 0 aromatic carbocycles. The van der Waals surface area contributed by atoms with E-state index in [0.29, 0.717) is 6.04 Å². The van der Waals surface area contributed by atoms with Gasteiger partial charge in [-0.25, -0.2) is 0 Å². The van der Waals surface area contributed by atoms with E-state index in [2.05, 4.69) is 36.3 Å². The van der Waals surface area contributed by atoms with Gasteiger partial charge in [-0.05, 0) is 6.42 Å². The summed E-state index contributed by atoms with van der Waals surface area (Å²) in [5.41, 5.74) is 2.61. The van der Waals surface area contributed by atoms with Gasteiger partial charge in [-0.3, -0.25) is 5.10 Å². The highest BCUT2D eigenvalue weighted by atomic mass is 16.5. The minimum Gasteiger partial charge on any atom is -0.380 e. The second-order valence-corrected chi connectivity index (χ2v) is 5.46. The van der Waals surface area contributed by atoms with Gasteiger partial charge in [0, 0.05) is 35.9 Å². The van der Waals surface area contributed by atoms with Crippen LogP contribution in [0.5, 0.6) is 0 Å². The molecule has 2 N–H and O–H groups in total. The predicted octanol–water partition coefficient (Wildman–Crippen LogP) is 1.59. The van der Waals surface area contributed by atoms with Gasteiger partial charge in [-0.15, -0.1) is 0 Å². The molecule has 1 aromatic rings. The maximum atomic E-state index is 5.34. The molecule has 1 aliphatic heterocycles. The smallest absolute Gasteiger partial charge is 0.0620 e. The Labute approximate surface area is 96.8 Å². The Hall–Kier alpha value is -0.870. The molecule has 0 radical (unpaired) electrons. The van der Waals surface area contributed by atoms with Crippen LogP contribution in [0.2, 0.25) is 0 Å². The standard InChI is InChI=1S/C12H21N3O/c1-12(2,3)11-9(7-14-15-11)6-13-10-4-5-16-8-10/h7,10,13H,4-6,8H2,1-3H3,(H,14,15). The minimum absolute atomic E-state index is 0.125. The highest BCUT2D eigenvalue weighted by molar-refractivity contribution is 5.23. The van der Waals surface area contributed by atoms with Crippen molar-refractivity contribution in [2.24, 2.45) is 0 Å². The highest BCUT2D eigenvalue weighted by Gasteiger charge is 2.21. The average molecular weight is 223 g/mol. The fourth-order valence-electron chi connectivity index (χ4n) is 2.04. The van der Waals surface area contributed by atoms with Crippen molar-refractivity contribution < 1.29 is 4.74 Å². The molecule has 0 aliphatic carbocycles. The zero-order valence-corrected chi connectivity index (χ0v) is 10.3. The second-order valence-electron chi connectivity index (χ2n) is 5.46. The maximum absolute atomic E-state index is 5.34. The zero-order valence-electron chi connectivity index (χ0n) is 10.3. The summed E-state index contributed by atoms with van der Waals surface area (Å²) in [7, 11) is 0. The van der Waals surface area contributed by atoms with E-state index in [4.69, 9.17) is 4.74 Å². The van der Waals surface area contributed by atoms with Crippen LogP contribution < -0.4 is 5.32 Å². The Morgan fingerprint density at radius 2 is 2.38 bits per heavy atom. The Bertz CT molecular complexity index is 334. The topological polar surface area (TPSA) is 49.9 Å². The lowest BCUT2D eigenvalue weighted by molar-refractivity contribution is 0.190. The number of ether oxygens (including phenoxy) is 1. The fraction of sp³-hybridized carbons (Fsp3) is 0.750. The van der Waals surface area contributed by atoms with E-state index in [9.17, 15) is 0 Å². The summed E-state index contributed by atoms with van der Waals surface area (Å²) < 4.78 is 5.34. The quantitative estimate of drug-likeness (QED) is 0.818. The van der Waals surface area contributed by atoms with Gasteiger partial charge >= 0.3 is 0 Å². The van der Waals surface area contributed by atoms with E-state index < -0.39 is 0 Å². The Balaban J connectivity index is 1.96. The fourth-order valence-corrected chi connectivity index (χ4v) is 2.04. The van der Waals surface area contributed by atoms with Crippen molar-refractivity contribution in [2.75, 3.05) is 13.2 Å². The van der Waals surface area contributed by atoms with E-state index >= 15 is 0 Å². The summed E-state index contributed by atoms with van der Waals surface area (Å²) in [5, 5.41) is 10.7. The van der Waals surface area contributed by atoms with Crippen molar-refractivity contribution in [3.63, 3.8) is 0 Å². The van der Waals surface area contributed by atoms with Crippen LogP contribution in [0.25, 0.3) is 0 Å². The Morgan fingerprint density at radius 1 is 1.56 bits per heavy atom. The lowest BCUT2D eigenvalue weighted by atomic mass is 9.89. The van der Waals surface area contributed by atoms with Gasteiger partial charge in [-0.1, -0.05) is 20.8 Å². The SMILES string of the molecule is CC(C)(C)c1[nH]ncc1CNC1CCOC1. The monoisotopic (exact) mass is 223 g/mol. The third-order valence-electron chi connectivity index (χ3n) is 2.98. The summed E-state index contributed by atoms with van der Waals surface area (Å²) in [6.07, 6.45) is 3.03. The molecule has 0 amide bonds. The van der Waals surface area contributed by atoms with Gasteiger partial charge < -0.3 is 10.1 Å². The van der Waals surface area contributed by atoms with Crippen molar-refractivity contribution in [1.82, 2.24) is 15.5 Å². The van der Waals surface area contributed by atoms with Crippen LogP contribution in [-0.2, 0) is 16.7 Å². The number of aromatic nitrogens is 2. The van der Waals surface area contributed by atoms with Crippen molar-refractivity contribution in [2.45, 2.75) is 45.2 Å². The van der Waals surface area contributed by atoms with E-state index in [1.54, 1.807) is 0 Å². The molecule has 4 nitrogen and oxygen atoms in total. The van der Waals surface area contributed by atoms with Crippen molar-refractivity contribution in [1.29, 1.82) is 0 Å². The predicted molar refractivity (Wildman–Crippen MR) is 63.4 cm³/mol. The van der Waals surface area contributed by atoms with Crippen LogP contribution in [0.4, 0.5) is 0 Å². The minimum atomic E-state index is 0.125. The first-order valence-electron chi connectivity index (χ1n) is 5.91. The molecule has 1 aromatic heterocycles. The van der Waals surface area contributed by atoms with E-state index in [1.807, 2.05) is 6.20 Å². The molecule has 4 heteroatoms. The van der Waals surface area contributed by atoms with Gasteiger partial charge in [0.15, 0.2) is 0 Å². The van der Waals surface area contributed by atoms with Gasteiger partial charge in [0.1, 0.15) is 0 Å². The third kappa shape index (κ3) is 2.62. The van der Waals surface area contributed by atoms with Crippen LogP contribution in [0.1, 0.15) is 38.4 Å². The molecule has 0 spiro atoms. The summed E-state index contributed by atoms with van der Waals surface area (Å²) >= 11 is 0. The van der Waals surface area contributed by atoms with Crippen molar-refractivity contribution in [3.05, 3.63) is 17.5 Å². The van der Waals surface area contributed by atoms with Gasteiger partial charge in [-0.2, -0.15) is 5.10 Å². The van der Waals surface area contributed by atoms with Crippen molar-refractivity contribution in [3.8, 4) is 0 Å². The Morgan fingerprint density at radius 3 is 3.00 bits per heavy atom. The summed E-state index contributed by atoms with van der Waals surface area (Å²) in [6, 6.07) is 0.503. The van der Waals surface area contributed by atoms with Crippen LogP contribution >= 0.6 is 0 Å². The number of rotatable bonds is 3. The molecule has 16 heavy (non-hydrogen) atoms. The molecule has 90 valence electrons. The van der Waals surface area contributed by atoms with Crippen LogP contribution in [-0.4, -0.2) is 29.5 Å². The van der Waals surface area contributed by atoms with E-state index in [1.165, 1.54) is 11.3 Å². The number of nitrogens with zero attached hydrogens (tertiary/aromatic N) is 1. The normalized spacial score (nSPS) is 21.6. The molecule has 1 unspecified atom stereocenters. The number of aromatic amines is 1. The maximum Gasteiger partial charge on any atom is 0.0620 e. The van der Waals surface area contributed by atoms with E-state index in [-0.39, 0.29) is 5.41 Å². The van der Waals surface area contributed by atoms with Crippen LogP contribution in [0.3, 0.4) is 0 Å². The summed E-state index contributed by atoms with van der Waals surface area (Å²) in [4.78, 5) is 0. The van der Waals surface area contributed by atoms with Crippen LogP contribution in [0.15, 0.2) is 6.20 Å². The molecule has 1 saturated heterocycles. The van der Waals surface area contributed by atoms with Gasteiger partial charge in [0.25, 0.3) is 0 Å². The van der Waals surface area contributed by atoms with E-state index in [0.717, 1.165) is 26.2 Å². The highest BCUT2D eigenvalue weighted by Crippen LogP contribution is 2.23. The molecule has 1 aliphatic rings. The van der Waals surface area contributed by atoms with Crippen molar-refractivity contribution >= 4 is 0 Å². The number of nitrogens with one attached hydrogen (secondary N) is 2. The number of hydrogen-bond donors (Lipinski definition) is 2. The molecule has 0 bridgehead atoms. The number of H-pyrrole nitrogens is 1. The Kier molecular flexibility index (Phi) is 3.30. The summed E-state index contributed by atoms with van der Waals surface area (Å²) in [5.74, 6) is 0. The lowest BCUT2D eigenvalue weighted by Crippen LogP contribution is -2.29. The first-order chi connectivity index (χ1) is 7.57. The molecule has 1 fully saturated rings. The first-order valence-corrected chi connectivity index (χ1v) is 5.91. The van der Waals surface area contributed by atoms with Gasteiger partial charge in [0.2, 0.25) is 0 Å². The van der Waals surface area contributed by atoms with Gasteiger partial charge in [0.05, 0.1) is 12.8 Å². The molecule has 2 heterocycles. The average Bonchev–Trinajstić information content (AvgIpc) is 2.85. The molecule has 1 atom stereocenters. The molecule has 0 saturated carbocycles. The van der Waals surface area contributed by atoms with Crippen LogP contribution in [0, 0.1) is 0 Å². The number of hydrogen-bond acceptors (Lipinski definition) is 3. The largest absolute Gasteiger partial charge is 0.380 e. The molecular formula is C12H21N3O. The first kappa shape index (κ1) is 11.6. The lowest BCUT2D eigenvalue weighted by Gasteiger charge is -2.19. The molecular weight excluding hydrogens is 202 g/mol. The second kappa shape index (κ2) is 4.55.